The molecule has 150 valence electrons. The number of rotatable bonds is 16. The highest BCUT2D eigenvalue weighted by molar-refractivity contribution is 7.85. The van der Waals surface area contributed by atoms with Crippen LogP contribution >= 0.6 is 0 Å². The first-order valence-electron chi connectivity index (χ1n) is 9.11. The summed E-state index contributed by atoms with van der Waals surface area (Å²) in [5, 5.41) is 0. The molecule has 25 heavy (non-hydrogen) atoms. The second kappa shape index (κ2) is 13.5. The zero-order valence-corrected chi connectivity index (χ0v) is 16.6. The third-order valence-corrected chi connectivity index (χ3v) is 4.39. The summed E-state index contributed by atoms with van der Waals surface area (Å²) in [4.78, 5) is 11.7. The molecule has 0 fully saturated rings. The van der Waals surface area contributed by atoms with Crippen molar-refractivity contribution in [2.45, 2.75) is 77.9 Å². The van der Waals surface area contributed by atoms with E-state index < -0.39 is 27.6 Å². The quantitative estimate of drug-likeness (QED) is 0.189. The van der Waals surface area contributed by atoms with Crippen molar-refractivity contribution in [3.05, 3.63) is 0 Å². The lowest BCUT2D eigenvalue weighted by molar-refractivity contribution is -0.249. The molecule has 0 amide bonds. The number of hydrogen-bond acceptors (Lipinski definition) is 6. The number of hydrogen-bond donors (Lipinski definition) is 1. The fourth-order valence-electron chi connectivity index (χ4n) is 2.09. The summed E-state index contributed by atoms with van der Waals surface area (Å²) in [5.74, 6) is -2.00. The minimum Gasteiger partial charge on any atom is -0.460 e. The Balaban J connectivity index is 4.31. The maximum Gasteiger partial charge on any atom is 0.306 e. The Labute approximate surface area is 152 Å². The molecule has 0 saturated carbocycles. The summed E-state index contributed by atoms with van der Waals surface area (Å²) < 4.78 is 46.7. The lowest BCUT2D eigenvalue weighted by Crippen LogP contribution is -2.39. The third-order valence-electron chi connectivity index (χ3n) is 3.59. The average molecular weight is 383 g/mol. The lowest BCUT2D eigenvalue weighted by Gasteiger charge is -2.29. The van der Waals surface area contributed by atoms with Crippen molar-refractivity contribution in [2.24, 2.45) is 0 Å². The Bertz CT molecular complexity index is 436. The van der Waals surface area contributed by atoms with E-state index in [1.54, 1.807) is 6.92 Å². The lowest BCUT2D eigenvalue weighted by atomic mass is 10.2. The largest absolute Gasteiger partial charge is 0.460 e. The molecular weight excluding hydrogens is 348 g/mol. The first-order chi connectivity index (χ1) is 11.7. The molecule has 0 unspecified atom stereocenters. The Morgan fingerprint density at radius 3 is 1.92 bits per heavy atom. The van der Waals surface area contributed by atoms with Crippen LogP contribution in [0.2, 0.25) is 0 Å². The zero-order chi connectivity index (χ0) is 19.2. The smallest absolute Gasteiger partial charge is 0.306 e. The molecule has 0 radical (unpaired) electrons. The van der Waals surface area contributed by atoms with Crippen LogP contribution in [0.25, 0.3) is 0 Å². The van der Waals surface area contributed by atoms with E-state index in [1.165, 1.54) is 0 Å². The van der Waals surface area contributed by atoms with Gasteiger partial charge in [0.2, 0.25) is 0 Å². The summed E-state index contributed by atoms with van der Waals surface area (Å²) in [6.45, 7) is 6.97. The topological polar surface area (TPSA) is 99.1 Å². The standard InChI is InChI=1S/C17H34O7S/c1-4-6-8-12-23-17(3,24-13-9-7-5-2)15-22-16(18)11-10-14-25(19,20)21/h4-15H2,1-3H3,(H,19,20,21). The summed E-state index contributed by atoms with van der Waals surface area (Å²) in [6.07, 6.45) is 6.03. The van der Waals surface area contributed by atoms with Gasteiger partial charge in [0.05, 0.1) is 19.0 Å². The molecule has 0 aliphatic heterocycles. The van der Waals surface area contributed by atoms with Gasteiger partial charge in [-0.05, 0) is 26.2 Å². The van der Waals surface area contributed by atoms with E-state index in [1.807, 2.05) is 0 Å². The first-order valence-corrected chi connectivity index (χ1v) is 10.7. The molecule has 0 aliphatic rings. The summed E-state index contributed by atoms with van der Waals surface area (Å²) in [7, 11) is -4.06. The fourth-order valence-corrected chi connectivity index (χ4v) is 2.60. The highest BCUT2D eigenvalue weighted by Crippen LogP contribution is 2.16. The van der Waals surface area contributed by atoms with Gasteiger partial charge in [-0.25, -0.2) is 0 Å². The van der Waals surface area contributed by atoms with Crippen LogP contribution in [0, 0.1) is 0 Å². The van der Waals surface area contributed by atoms with Gasteiger partial charge in [-0.2, -0.15) is 8.42 Å². The Hall–Kier alpha value is -0.700. The van der Waals surface area contributed by atoms with E-state index in [0.717, 1.165) is 38.5 Å². The monoisotopic (exact) mass is 382 g/mol. The molecule has 0 saturated heterocycles. The summed E-state index contributed by atoms with van der Waals surface area (Å²) in [5.41, 5.74) is 0. The Morgan fingerprint density at radius 1 is 0.960 bits per heavy atom. The molecule has 0 rings (SSSR count). The SMILES string of the molecule is CCCCCOC(C)(COC(=O)CCCS(=O)(=O)O)OCCCCC. The van der Waals surface area contributed by atoms with E-state index in [2.05, 4.69) is 13.8 Å². The molecule has 8 heteroatoms. The molecule has 0 aromatic heterocycles. The van der Waals surface area contributed by atoms with Crippen LogP contribution in [0.4, 0.5) is 0 Å². The van der Waals surface area contributed by atoms with Crippen molar-refractivity contribution >= 4 is 16.1 Å². The van der Waals surface area contributed by atoms with Gasteiger partial charge in [-0.1, -0.05) is 39.5 Å². The second-order valence-corrected chi connectivity index (χ2v) is 7.87. The van der Waals surface area contributed by atoms with Crippen LogP contribution < -0.4 is 0 Å². The van der Waals surface area contributed by atoms with Gasteiger partial charge in [0.15, 0.2) is 5.79 Å². The van der Waals surface area contributed by atoms with E-state index in [-0.39, 0.29) is 19.4 Å². The Morgan fingerprint density at radius 2 is 1.48 bits per heavy atom. The third kappa shape index (κ3) is 15.3. The van der Waals surface area contributed by atoms with Crippen LogP contribution in [0.5, 0.6) is 0 Å². The van der Waals surface area contributed by atoms with Crippen LogP contribution in [-0.2, 0) is 29.1 Å². The van der Waals surface area contributed by atoms with Crippen molar-refractivity contribution in [2.75, 3.05) is 25.6 Å². The van der Waals surface area contributed by atoms with Crippen LogP contribution in [0.15, 0.2) is 0 Å². The number of carbonyl (C=O) groups is 1. The van der Waals surface area contributed by atoms with E-state index in [0.29, 0.717) is 13.2 Å². The Kier molecular flexibility index (Phi) is 13.1. The molecule has 0 bridgehead atoms. The molecule has 0 aliphatic carbocycles. The van der Waals surface area contributed by atoms with Crippen molar-refractivity contribution < 1.29 is 32.0 Å². The van der Waals surface area contributed by atoms with Crippen molar-refractivity contribution in [3.63, 3.8) is 0 Å². The minimum absolute atomic E-state index is 0.0170. The first kappa shape index (κ1) is 24.3. The predicted octanol–water partition coefficient (Wildman–Crippen LogP) is 3.33. The van der Waals surface area contributed by atoms with Gasteiger partial charge in [0.25, 0.3) is 10.1 Å². The molecule has 0 heterocycles. The van der Waals surface area contributed by atoms with Crippen molar-refractivity contribution in [1.82, 2.24) is 0 Å². The highest BCUT2D eigenvalue weighted by Gasteiger charge is 2.28. The molecule has 0 atom stereocenters. The maximum absolute atomic E-state index is 11.7. The van der Waals surface area contributed by atoms with Crippen LogP contribution in [0.3, 0.4) is 0 Å². The molecule has 1 N–H and O–H groups in total. The molecule has 0 spiro atoms. The number of ether oxygens (including phenoxy) is 3. The van der Waals surface area contributed by atoms with Crippen LogP contribution in [-0.4, -0.2) is 50.3 Å². The maximum atomic E-state index is 11.7. The van der Waals surface area contributed by atoms with Gasteiger partial charge in [0, 0.05) is 6.42 Å². The van der Waals surface area contributed by atoms with E-state index in [9.17, 15) is 13.2 Å². The normalized spacial score (nSPS) is 12.3. The second-order valence-electron chi connectivity index (χ2n) is 6.30. The van der Waals surface area contributed by atoms with Gasteiger partial charge in [-0.3, -0.25) is 9.35 Å². The average Bonchev–Trinajstić information content (AvgIpc) is 2.53. The number of carbonyl (C=O) groups excluding carboxylic acids is 1. The van der Waals surface area contributed by atoms with Gasteiger partial charge < -0.3 is 14.2 Å². The minimum atomic E-state index is -4.06. The van der Waals surface area contributed by atoms with E-state index in [4.69, 9.17) is 18.8 Å². The predicted molar refractivity (Wildman–Crippen MR) is 96.0 cm³/mol. The summed E-state index contributed by atoms with van der Waals surface area (Å²) in [6, 6.07) is 0. The molecule has 0 aromatic rings. The number of esters is 1. The fraction of sp³-hybridized carbons (Fsp3) is 0.941. The van der Waals surface area contributed by atoms with Crippen LogP contribution in [0.1, 0.15) is 72.1 Å². The molecular formula is C17H34O7S. The van der Waals surface area contributed by atoms with Gasteiger partial charge >= 0.3 is 5.97 Å². The number of unbranched alkanes of at least 4 members (excludes halogenated alkanes) is 4. The van der Waals surface area contributed by atoms with Crippen molar-refractivity contribution in [3.8, 4) is 0 Å². The van der Waals surface area contributed by atoms with Gasteiger partial charge in [0.1, 0.15) is 6.61 Å². The van der Waals surface area contributed by atoms with E-state index >= 15 is 0 Å². The van der Waals surface area contributed by atoms with Gasteiger partial charge in [-0.15, -0.1) is 0 Å². The highest BCUT2D eigenvalue weighted by atomic mass is 32.2. The summed E-state index contributed by atoms with van der Waals surface area (Å²) >= 11 is 0. The van der Waals surface area contributed by atoms with Crippen molar-refractivity contribution in [1.29, 1.82) is 0 Å². The molecule has 7 nitrogen and oxygen atoms in total. The molecule has 0 aromatic carbocycles. The zero-order valence-electron chi connectivity index (χ0n) is 15.8.